The van der Waals surface area contributed by atoms with Crippen LogP contribution in [0.3, 0.4) is 0 Å². The Hall–Kier alpha value is -2.21. The van der Waals surface area contributed by atoms with Crippen LogP contribution in [0.25, 0.3) is 0 Å². The number of aryl methyl sites for hydroxylation is 1. The summed E-state index contributed by atoms with van der Waals surface area (Å²) in [6, 6.07) is 4.75. The fourth-order valence-electron chi connectivity index (χ4n) is 3.08. The zero-order valence-corrected chi connectivity index (χ0v) is 14.5. The Morgan fingerprint density at radius 3 is 2.96 bits per heavy atom. The van der Waals surface area contributed by atoms with Gasteiger partial charge in [-0.15, -0.1) is 0 Å². The molecular formula is C18H18ClF2N3O. The third-order valence-corrected chi connectivity index (χ3v) is 4.89. The molecule has 1 aromatic carbocycles. The van der Waals surface area contributed by atoms with Crippen LogP contribution in [0.2, 0.25) is 5.02 Å². The number of anilines is 1. The molecule has 1 aliphatic heterocycles. The van der Waals surface area contributed by atoms with Gasteiger partial charge in [0.05, 0.1) is 16.4 Å². The number of aromatic nitrogens is 1. The average molecular weight is 366 g/mol. The van der Waals surface area contributed by atoms with Crippen molar-refractivity contribution in [1.29, 1.82) is 0 Å². The summed E-state index contributed by atoms with van der Waals surface area (Å²) in [5.74, 6) is -1.15. The highest BCUT2D eigenvalue weighted by Gasteiger charge is 2.27. The lowest BCUT2D eigenvalue weighted by Crippen LogP contribution is -2.41. The van der Waals surface area contributed by atoms with Crippen LogP contribution in [0.5, 0.6) is 0 Å². The van der Waals surface area contributed by atoms with E-state index < -0.39 is 11.6 Å². The van der Waals surface area contributed by atoms with Gasteiger partial charge in [0, 0.05) is 25.2 Å². The first-order valence-electron chi connectivity index (χ1n) is 8.07. The minimum atomic E-state index is -0.475. The highest BCUT2D eigenvalue weighted by molar-refractivity contribution is 6.34. The van der Waals surface area contributed by atoms with Gasteiger partial charge in [0.2, 0.25) is 0 Å². The Bertz CT molecular complexity index is 800. The first kappa shape index (κ1) is 17.6. The molecule has 1 N–H and O–H groups in total. The molecule has 1 atom stereocenters. The van der Waals surface area contributed by atoms with Crippen molar-refractivity contribution in [2.45, 2.75) is 25.7 Å². The molecule has 1 aliphatic rings. The Morgan fingerprint density at radius 2 is 2.16 bits per heavy atom. The molecule has 1 saturated heterocycles. The molecule has 0 spiro atoms. The summed E-state index contributed by atoms with van der Waals surface area (Å²) in [7, 11) is 0. The van der Waals surface area contributed by atoms with Gasteiger partial charge in [-0.3, -0.25) is 4.98 Å². The summed E-state index contributed by atoms with van der Waals surface area (Å²) in [6.45, 7) is 2.64. The van der Waals surface area contributed by atoms with E-state index in [-0.39, 0.29) is 11.9 Å². The van der Waals surface area contributed by atoms with Gasteiger partial charge in [0.15, 0.2) is 0 Å². The number of halogens is 3. The smallest absolute Gasteiger partial charge is 0.321 e. The molecule has 1 unspecified atom stereocenters. The molecule has 1 aromatic heterocycles. The summed E-state index contributed by atoms with van der Waals surface area (Å²) in [4.78, 5) is 18.2. The van der Waals surface area contributed by atoms with Gasteiger partial charge >= 0.3 is 6.03 Å². The number of urea groups is 1. The summed E-state index contributed by atoms with van der Waals surface area (Å²) in [5.41, 5.74) is 1.42. The van der Waals surface area contributed by atoms with Crippen LogP contribution in [0.4, 0.5) is 19.3 Å². The molecule has 0 radical (unpaired) electrons. The molecule has 0 saturated carbocycles. The van der Waals surface area contributed by atoms with Crippen molar-refractivity contribution < 1.29 is 13.6 Å². The fourth-order valence-corrected chi connectivity index (χ4v) is 3.24. The van der Waals surface area contributed by atoms with Gasteiger partial charge < -0.3 is 10.2 Å². The van der Waals surface area contributed by atoms with E-state index in [2.05, 4.69) is 10.3 Å². The number of likely N-dealkylation sites (tertiary alicyclic amines) is 1. The van der Waals surface area contributed by atoms with Crippen molar-refractivity contribution in [3.05, 3.63) is 58.4 Å². The lowest BCUT2D eigenvalue weighted by atomic mass is 9.90. The summed E-state index contributed by atoms with van der Waals surface area (Å²) in [6.07, 6.45) is 2.99. The molecule has 2 aromatic rings. The molecular weight excluding hydrogens is 348 g/mol. The Balaban J connectivity index is 1.73. The number of hydrogen-bond donors (Lipinski definition) is 1. The third-order valence-electron chi connectivity index (χ3n) is 4.41. The zero-order valence-electron chi connectivity index (χ0n) is 13.7. The number of hydrogen-bond acceptors (Lipinski definition) is 2. The van der Waals surface area contributed by atoms with E-state index in [4.69, 9.17) is 11.6 Å². The van der Waals surface area contributed by atoms with E-state index in [1.165, 1.54) is 6.07 Å². The van der Waals surface area contributed by atoms with E-state index in [1.54, 1.807) is 24.1 Å². The quantitative estimate of drug-likeness (QED) is 0.836. The molecule has 3 rings (SSSR count). The monoisotopic (exact) mass is 365 g/mol. The van der Waals surface area contributed by atoms with E-state index in [0.29, 0.717) is 41.5 Å². The minimum Gasteiger partial charge on any atom is -0.324 e. The lowest BCUT2D eigenvalue weighted by molar-refractivity contribution is 0.192. The van der Waals surface area contributed by atoms with E-state index in [9.17, 15) is 13.6 Å². The highest BCUT2D eigenvalue weighted by Crippen LogP contribution is 2.30. The fraction of sp³-hybridized carbons (Fsp3) is 0.333. The Labute approximate surface area is 149 Å². The van der Waals surface area contributed by atoms with Crippen LogP contribution in [0.15, 0.2) is 30.5 Å². The number of carbonyl (C=O) groups excluding carboxylic acids is 1. The molecule has 0 aliphatic carbocycles. The Kier molecular flexibility index (Phi) is 5.18. The number of carbonyl (C=O) groups is 1. The molecule has 2 amide bonds. The summed E-state index contributed by atoms with van der Waals surface area (Å²) in [5, 5.41) is 3.16. The van der Waals surface area contributed by atoms with Gasteiger partial charge in [-0.25, -0.2) is 13.6 Å². The average Bonchev–Trinajstić information content (AvgIpc) is 2.61. The van der Waals surface area contributed by atoms with E-state index >= 15 is 0 Å². The lowest BCUT2D eigenvalue weighted by Gasteiger charge is -2.33. The number of nitrogens with one attached hydrogen (secondary N) is 1. The van der Waals surface area contributed by atoms with Crippen LogP contribution in [-0.4, -0.2) is 29.0 Å². The first-order chi connectivity index (χ1) is 12.0. The number of nitrogens with zero attached hydrogens (tertiary/aromatic N) is 2. The maximum atomic E-state index is 14.0. The van der Waals surface area contributed by atoms with Gasteiger partial charge in [-0.05, 0) is 49.6 Å². The standard InChI is InChI=1S/C18H18ClF2N3O/c1-11-17(19)16(6-7-22-11)23-18(25)24-8-2-3-12(10-24)14-9-13(20)4-5-15(14)21/h4-7,9,12H,2-3,8,10H2,1H3,(H,22,23,25). The van der Waals surface area contributed by atoms with Crippen molar-refractivity contribution in [2.24, 2.45) is 0 Å². The van der Waals surface area contributed by atoms with Gasteiger partial charge in [-0.2, -0.15) is 0 Å². The van der Waals surface area contributed by atoms with Gasteiger partial charge in [-0.1, -0.05) is 11.6 Å². The largest absolute Gasteiger partial charge is 0.324 e. The molecule has 0 bridgehead atoms. The normalized spacial score (nSPS) is 17.4. The molecule has 7 heteroatoms. The maximum absolute atomic E-state index is 14.0. The van der Waals surface area contributed by atoms with Crippen molar-refractivity contribution in [3.8, 4) is 0 Å². The second-order valence-electron chi connectivity index (χ2n) is 6.14. The number of pyridine rings is 1. The van der Waals surface area contributed by atoms with Crippen molar-refractivity contribution >= 4 is 23.3 Å². The maximum Gasteiger partial charge on any atom is 0.321 e. The third kappa shape index (κ3) is 3.90. The number of rotatable bonds is 2. The van der Waals surface area contributed by atoms with Crippen LogP contribution in [0, 0.1) is 18.6 Å². The molecule has 4 nitrogen and oxygen atoms in total. The topological polar surface area (TPSA) is 45.2 Å². The van der Waals surface area contributed by atoms with Crippen LogP contribution >= 0.6 is 11.6 Å². The van der Waals surface area contributed by atoms with Crippen LogP contribution in [0.1, 0.15) is 30.0 Å². The molecule has 2 heterocycles. The Morgan fingerprint density at radius 1 is 1.36 bits per heavy atom. The summed E-state index contributed by atoms with van der Waals surface area (Å²) >= 11 is 6.15. The first-order valence-corrected chi connectivity index (χ1v) is 8.45. The van der Waals surface area contributed by atoms with Gasteiger partial charge in [0.1, 0.15) is 11.6 Å². The predicted molar refractivity (Wildman–Crippen MR) is 92.9 cm³/mol. The molecule has 25 heavy (non-hydrogen) atoms. The van der Waals surface area contributed by atoms with Crippen molar-refractivity contribution in [1.82, 2.24) is 9.88 Å². The molecule has 1 fully saturated rings. The molecule has 132 valence electrons. The van der Waals surface area contributed by atoms with Crippen molar-refractivity contribution in [3.63, 3.8) is 0 Å². The highest BCUT2D eigenvalue weighted by atomic mass is 35.5. The number of benzene rings is 1. The van der Waals surface area contributed by atoms with Crippen LogP contribution in [-0.2, 0) is 0 Å². The van der Waals surface area contributed by atoms with Crippen LogP contribution < -0.4 is 5.32 Å². The zero-order chi connectivity index (χ0) is 18.0. The van der Waals surface area contributed by atoms with E-state index in [0.717, 1.165) is 18.6 Å². The number of amides is 2. The second-order valence-corrected chi connectivity index (χ2v) is 6.52. The van der Waals surface area contributed by atoms with Crippen molar-refractivity contribution in [2.75, 3.05) is 18.4 Å². The van der Waals surface area contributed by atoms with E-state index in [1.807, 2.05) is 0 Å². The minimum absolute atomic E-state index is 0.232. The number of piperidine rings is 1. The predicted octanol–water partition coefficient (Wildman–Crippen LogP) is 4.73. The summed E-state index contributed by atoms with van der Waals surface area (Å²) < 4.78 is 27.5. The van der Waals surface area contributed by atoms with Gasteiger partial charge in [0.25, 0.3) is 0 Å². The SMILES string of the molecule is Cc1nccc(NC(=O)N2CCCC(c3cc(F)ccc3F)C2)c1Cl. The second kappa shape index (κ2) is 7.35.